The number of likely N-dealkylation sites (tertiary alicyclic amines) is 1. The topological polar surface area (TPSA) is 71.5 Å². The van der Waals surface area contributed by atoms with Gasteiger partial charge in [-0.15, -0.1) is 0 Å². The molecular weight excluding hydrogens is 326 g/mol. The van der Waals surface area contributed by atoms with E-state index in [1.807, 2.05) is 0 Å². The lowest BCUT2D eigenvalue weighted by atomic mass is 9.70. The highest BCUT2D eigenvalue weighted by atomic mass is 32.2. The molecule has 130 valence electrons. The van der Waals surface area contributed by atoms with Crippen LogP contribution in [0, 0.1) is 11.3 Å². The Hall–Kier alpha value is -1.69. The SMILES string of the molecule is CC1CCC2(CC1)CC(=O)N(CCS(=O)(=O)c1ccccc1)C2=O. The average Bonchev–Trinajstić information content (AvgIpc) is 2.80. The minimum Gasteiger partial charge on any atom is -0.281 e. The maximum absolute atomic E-state index is 12.8. The van der Waals surface area contributed by atoms with Crippen molar-refractivity contribution in [2.45, 2.75) is 43.9 Å². The van der Waals surface area contributed by atoms with Crippen LogP contribution in [0.2, 0.25) is 0 Å². The number of hydrogen-bond donors (Lipinski definition) is 0. The molecule has 0 bridgehead atoms. The predicted octanol–water partition coefficient (Wildman–Crippen LogP) is 2.42. The van der Waals surface area contributed by atoms with E-state index in [0.717, 1.165) is 25.7 Å². The Balaban J connectivity index is 1.70. The molecule has 6 heteroatoms. The molecule has 0 unspecified atom stereocenters. The van der Waals surface area contributed by atoms with Gasteiger partial charge in [-0.3, -0.25) is 14.5 Å². The van der Waals surface area contributed by atoms with Crippen molar-refractivity contribution in [3.05, 3.63) is 30.3 Å². The zero-order chi connectivity index (χ0) is 17.4. The van der Waals surface area contributed by atoms with Gasteiger partial charge in [0.2, 0.25) is 11.8 Å². The molecule has 1 aliphatic heterocycles. The molecule has 1 spiro atoms. The van der Waals surface area contributed by atoms with Gasteiger partial charge in [-0.25, -0.2) is 8.42 Å². The molecule has 0 radical (unpaired) electrons. The summed E-state index contributed by atoms with van der Waals surface area (Å²) in [6.07, 6.45) is 3.62. The van der Waals surface area contributed by atoms with Crippen molar-refractivity contribution >= 4 is 21.7 Å². The van der Waals surface area contributed by atoms with Gasteiger partial charge >= 0.3 is 0 Å². The summed E-state index contributed by atoms with van der Waals surface area (Å²) in [6.45, 7) is 2.12. The summed E-state index contributed by atoms with van der Waals surface area (Å²) in [5.74, 6) is -0.0208. The van der Waals surface area contributed by atoms with Crippen LogP contribution in [0.1, 0.15) is 39.0 Å². The number of sulfone groups is 1. The van der Waals surface area contributed by atoms with E-state index in [2.05, 4.69) is 6.92 Å². The zero-order valence-corrected chi connectivity index (χ0v) is 14.7. The normalized spacial score (nSPS) is 27.9. The molecule has 1 aliphatic carbocycles. The van der Waals surface area contributed by atoms with E-state index in [-0.39, 0.29) is 35.4 Å². The smallest absolute Gasteiger partial charge is 0.235 e. The summed E-state index contributed by atoms with van der Waals surface area (Å²) < 4.78 is 24.7. The van der Waals surface area contributed by atoms with Gasteiger partial charge in [0, 0.05) is 13.0 Å². The first-order valence-electron chi connectivity index (χ1n) is 8.47. The minimum absolute atomic E-state index is 0.0494. The van der Waals surface area contributed by atoms with Gasteiger partial charge in [0.15, 0.2) is 9.84 Å². The van der Waals surface area contributed by atoms with E-state index in [4.69, 9.17) is 0 Å². The van der Waals surface area contributed by atoms with Crippen LogP contribution in [0.4, 0.5) is 0 Å². The monoisotopic (exact) mass is 349 g/mol. The van der Waals surface area contributed by atoms with Crippen LogP contribution in [0.25, 0.3) is 0 Å². The molecule has 1 aromatic rings. The molecule has 0 aromatic heterocycles. The molecule has 24 heavy (non-hydrogen) atoms. The molecule has 5 nitrogen and oxygen atoms in total. The Morgan fingerprint density at radius 2 is 1.75 bits per heavy atom. The fraction of sp³-hybridized carbons (Fsp3) is 0.556. The van der Waals surface area contributed by atoms with E-state index >= 15 is 0 Å². The van der Waals surface area contributed by atoms with Crippen molar-refractivity contribution in [3.63, 3.8) is 0 Å². The van der Waals surface area contributed by atoms with E-state index in [1.165, 1.54) is 17.0 Å². The van der Waals surface area contributed by atoms with Crippen molar-refractivity contribution in [1.82, 2.24) is 4.90 Å². The molecule has 1 heterocycles. The molecular formula is C18H23NO4S. The Bertz CT molecular complexity index is 734. The van der Waals surface area contributed by atoms with Gasteiger partial charge in [0.05, 0.1) is 16.1 Å². The van der Waals surface area contributed by atoms with Crippen molar-refractivity contribution in [3.8, 4) is 0 Å². The molecule has 1 saturated carbocycles. The fourth-order valence-electron chi connectivity index (χ4n) is 3.75. The first kappa shape index (κ1) is 17.1. The molecule has 0 atom stereocenters. The van der Waals surface area contributed by atoms with E-state index in [9.17, 15) is 18.0 Å². The van der Waals surface area contributed by atoms with Crippen LogP contribution in [0.15, 0.2) is 35.2 Å². The number of imide groups is 1. The van der Waals surface area contributed by atoms with E-state index < -0.39 is 15.3 Å². The number of hydrogen-bond acceptors (Lipinski definition) is 4. The second kappa shape index (κ2) is 6.31. The quantitative estimate of drug-likeness (QED) is 0.783. The van der Waals surface area contributed by atoms with Gasteiger partial charge in [-0.1, -0.05) is 25.1 Å². The first-order valence-corrected chi connectivity index (χ1v) is 10.1. The van der Waals surface area contributed by atoms with Crippen LogP contribution in [-0.4, -0.2) is 37.4 Å². The molecule has 2 aliphatic rings. The molecule has 3 rings (SSSR count). The highest BCUT2D eigenvalue weighted by Crippen LogP contribution is 2.46. The Labute approximate surface area is 143 Å². The van der Waals surface area contributed by atoms with Crippen molar-refractivity contribution in [2.24, 2.45) is 11.3 Å². The maximum atomic E-state index is 12.8. The van der Waals surface area contributed by atoms with E-state index in [0.29, 0.717) is 5.92 Å². The summed E-state index contributed by atoms with van der Waals surface area (Å²) >= 11 is 0. The van der Waals surface area contributed by atoms with Crippen LogP contribution >= 0.6 is 0 Å². The predicted molar refractivity (Wildman–Crippen MR) is 89.9 cm³/mol. The van der Waals surface area contributed by atoms with Crippen molar-refractivity contribution in [2.75, 3.05) is 12.3 Å². The molecule has 2 amide bonds. The fourth-order valence-corrected chi connectivity index (χ4v) is 4.98. The van der Waals surface area contributed by atoms with Crippen molar-refractivity contribution in [1.29, 1.82) is 0 Å². The Kier molecular flexibility index (Phi) is 4.51. The highest BCUT2D eigenvalue weighted by Gasteiger charge is 2.52. The number of nitrogens with zero attached hydrogens (tertiary/aromatic N) is 1. The van der Waals surface area contributed by atoms with Crippen LogP contribution < -0.4 is 0 Å². The summed E-state index contributed by atoms with van der Waals surface area (Å²) in [6, 6.07) is 8.15. The third kappa shape index (κ3) is 3.11. The number of benzene rings is 1. The lowest BCUT2D eigenvalue weighted by Crippen LogP contribution is -2.39. The summed E-state index contributed by atoms with van der Waals surface area (Å²) in [5.41, 5.74) is -0.569. The molecule has 2 fully saturated rings. The van der Waals surface area contributed by atoms with Crippen LogP contribution in [0.3, 0.4) is 0 Å². The van der Waals surface area contributed by atoms with Gasteiger partial charge in [-0.2, -0.15) is 0 Å². The van der Waals surface area contributed by atoms with Gasteiger partial charge < -0.3 is 0 Å². The van der Waals surface area contributed by atoms with Crippen LogP contribution in [-0.2, 0) is 19.4 Å². The highest BCUT2D eigenvalue weighted by molar-refractivity contribution is 7.91. The average molecular weight is 349 g/mol. The summed E-state index contributed by atoms with van der Waals surface area (Å²) in [5, 5.41) is 0. The Morgan fingerprint density at radius 3 is 2.38 bits per heavy atom. The molecule has 1 aromatic carbocycles. The second-order valence-corrected chi connectivity index (χ2v) is 9.23. The summed E-state index contributed by atoms with van der Waals surface area (Å²) in [4.78, 5) is 26.5. The zero-order valence-electron chi connectivity index (χ0n) is 13.9. The number of carbonyl (C=O) groups excluding carboxylic acids is 2. The third-order valence-corrected chi connectivity index (χ3v) is 7.12. The largest absolute Gasteiger partial charge is 0.281 e. The number of carbonyl (C=O) groups is 2. The lowest BCUT2D eigenvalue weighted by Gasteiger charge is -2.33. The molecule has 0 N–H and O–H groups in total. The second-order valence-electron chi connectivity index (χ2n) is 7.12. The van der Waals surface area contributed by atoms with Crippen molar-refractivity contribution < 1.29 is 18.0 Å². The van der Waals surface area contributed by atoms with E-state index in [1.54, 1.807) is 18.2 Å². The first-order chi connectivity index (χ1) is 11.3. The number of rotatable bonds is 4. The number of amides is 2. The molecule has 1 saturated heterocycles. The van der Waals surface area contributed by atoms with Crippen LogP contribution in [0.5, 0.6) is 0 Å². The lowest BCUT2D eigenvalue weighted by molar-refractivity contribution is -0.142. The van der Waals surface area contributed by atoms with Gasteiger partial charge in [-0.05, 0) is 43.7 Å². The Morgan fingerprint density at radius 1 is 1.12 bits per heavy atom. The minimum atomic E-state index is -3.49. The van der Waals surface area contributed by atoms with Gasteiger partial charge in [0.1, 0.15) is 0 Å². The standard InChI is InChI=1S/C18H23NO4S/c1-14-7-9-18(10-8-14)13-16(20)19(17(18)21)11-12-24(22,23)15-5-3-2-4-6-15/h2-6,14H,7-13H2,1H3. The maximum Gasteiger partial charge on any atom is 0.235 e. The van der Waals surface area contributed by atoms with Gasteiger partial charge in [0.25, 0.3) is 0 Å². The summed E-state index contributed by atoms with van der Waals surface area (Å²) in [7, 11) is -3.49. The third-order valence-electron chi connectivity index (χ3n) is 5.41.